The van der Waals surface area contributed by atoms with Crippen molar-refractivity contribution in [2.45, 2.75) is 19.8 Å². The first-order chi connectivity index (χ1) is 9.28. The normalized spacial score (nSPS) is 20.7. The van der Waals surface area contributed by atoms with Gasteiger partial charge in [0.05, 0.1) is 0 Å². The van der Waals surface area contributed by atoms with Gasteiger partial charge in [-0.3, -0.25) is 4.99 Å². The number of aliphatic imine (C=N–C) groups is 1. The largest absolute Gasteiger partial charge is 0.370 e. The molecule has 1 fully saturated rings. The zero-order valence-electron chi connectivity index (χ0n) is 11.7. The van der Waals surface area contributed by atoms with Crippen LogP contribution in [0.1, 0.15) is 19.8 Å². The summed E-state index contributed by atoms with van der Waals surface area (Å²) in [6, 6.07) is 9.92. The van der Waals surface area contributed by atoms with Gasteiger partial charge in [-0.2, -0.15) is 0 Å². The summed E-state index contributed by atoms with van der Waals surface area (Å²) < 4.78 is 0. The summed E-state index contributed by atoms with van der Waals surface area (Å²) in [5, 5.41) is 3.12. The summed E-state index contributed by atoms with van der Waals surface area (Å²) in [4.78, 5) is 6.97. The molecule has 104 valence electrons. The highest BCUT2D eigenvalue weighted by Gasteiger charge is 2.21. The third-order valence-corrected chi connectivity index (χ3v) is 3.48. The maximum absolute atomic E-state index is 5.90. The van der Waals surface area contributed by atoms with E-state index in [9.17, 15) is 0 Å². The van der Waals surface area contributed by atoms with Crippen LogP contribution in [0.3, 0.4) is 0 Å². The standard InChI is InChI=1S/C15H24N4/c1-2-9-19-10-8-13(12-19)11-17-15(16)18-14-6-4-3-5-7-14/h3-7,13H,2,8-12H2,1H3,(H3,16,17,18). The number of anilines is 1. The van der Waals surface area contributed by atoms with Crippen LogP contribution < -0.4 is 11.1 Å². The van der Waals surface area contributed by atoms with Crippen molar-refractivity contribution in [3.8, 4) is 0 Å². The molecule has 1 saturated heterocycles. The molecule has 0 radical (unpaired) electrons. The fourth-order valence-corrected chi connectivity index (χ4v) is 2.52. The lowest BCUT2D eigenvalue weighted by Gasteiger charge is -2.13. The minimum Gasteiger partial charge on any atom is -0.370 e. The molecule has 1 heterocycles. The number of nitrogens with two attached hydrogens (primary N) is 1. The number of guanidine groups is 1. The van der Waals surface area contributed by atoms with E-state index in [1.165, 1.54) is 25.9 Å². The average molecular weight is 260 g/mol. The van der Waals surface area contributed by atoms with E-state index in [-0.39, 0.29) is 0 Å². The van der Waals surface area contributed by atoms with Gasteiger partial charge >= 0.3 is 0 Å². The van der Waals surface area contributed by atoms with Crippen LogP contribution in [0.25, 0.3) is 0 Å². The summed E-state index contributed by atoms with van der Waals surface area (Å²) in [5.41, 5.74) is 6.89. The van der Waals surface area contributed by atoms with Crippen molar-refractivity contribution in [2.24, 2.45) is 16.6 Å². The van der Waals surface area contributed by atoms with Gasteiger partial charge in [-0.25, -0.2) is 0 Å². The molecule has 2 rings (SSSR count). The van der Waals surface area contributed by atoms with E-state index in [0.717, 1.165) is 18.8 Å². The Balaban J connectivity index is 1.76. The predicted octanol–water partition coefficient (Wildman–Crippen LogP) is 2.15. The van der Waals surface area contributed by atoms with Crippen molar-refractivity contribution in [1.29, 1.82) is 0 Å². The minimum absolute atomic E-state index is 0.514. The molecule has 1 atom stereocenters. The van der Waals surface area contributed by atoms with E-state index in [0.29, 0.717) is 11.9 Å². The molecular formula is C15H24N4. The molecule has 1 aliphatic heterocycles. The zero-order valence-corrected chi connectivity index (χ0v) is 11.7. The highest BCUT2D eigenvalue weighted by molar-refractivity contribution is 5.92. The van der Waals surface area contributed by atoms with Crippen LogP contribution in [-0.4, -0.2) is 37.0 Å². The van der Waals surface area contributed by atoms with Crippen LogP contribution in [0.5, 0.6) is 0 Å². The van der Waals surface area contributed by atoms with Gasteiger partial charge < -0.3 is 16.0 Å². The third kappa shape index (κ3) is 4.56. The van der Waals surface area contributed by atoms with Crippen LogP contribution in [0.2, 0.25) is 0 Å². The van der Waals surface area contributed by atoms with E-state index in [4.69, 9.17) is 5.73 Å². The number of hydrogen-bond donors (Lipinski definition) is 2. The molecule has 0 bridgehead atoms. The van der Waals surface area contributed by atoms with Crippen LogP contribution in [-0.2, 0) is 0 Å². The van der Waals surface area contributed by atoms with E-state index in [1.54, 1.807) is 0 Å². The second kappa shape index (κ2) is 7.14. The second-order valence-electron chi connectivity index (χ2n) is 5.17. The van der Waals surface area contributed by atoms with Gasteiger partial charge in [-0.05, 0) is 44.0 Å². The van der Waals surface area contributed by atoms with E-state index < -0.39 is 0 Å². The fraction of sp³-hybridized carbons (Fsp3) is 0.533. The molecule has 3 N–H and O–H groups in total. The van der Waals surface area contributed by atoms with Crippen LogP contribution >= 0.6 is 0 Å². The van der Waals surface area contributed by atoms with Gasteiger partial charge in [0.2, 0.25) is 0 Å². The number of rotatable bonds is 5. The van der Waals surface area contributed by atoms with Gasteiger partial charge in [0.1, 0.15) is 0 Å². The number of nitrogens with one attached hydrogen (secondary N) is 1. The van der Waals surface area contributed by atoms with Crippen LogP contribution in [0, 0.1) is 5.92 Å². The Labute approximate surface area is 115 Å². The molecule has 1 aromatic rings. The average Bonchev–Trinajstić information content (AvgIpc) is 2.86. The number of para-hydroxylation sites is 1. The minimum atomic E-state index is 0.514. The number of likely N-dealkylation sites (tertiary alicyclic amines) is 1. The smallest absolute Gasteiger partial charge is 0.193 e. The summed E-state index contributed by atoms with van der Waals surface area (Å²) in [5.74, 6) is 1.17. The molecule has 0 spiro atoms. The monoisotopic (exact) mass is 260 g/mol. The molecule has 0 aliphatic carbocycles. The summed E-state index contributed by atoms with van der Waals surface area (Å²) >= 11 is 0. The van der Waals surface area contributed by atoms with Crippen LogP contribution in [0.15, 0.2) is 35.3 Å². The topological polar surface area (TPSA) is 53.6 Å². The number of nitrogens with zero attached hydrogens (tertiary/aromatic N) is 2. The summed E-state index contributed by atoms with van der Waals surface area (Å²) in [6.45, 7) is 6.63. The molecular weight excluding hydrogens is 236 g/mol. The molecule has 19 heavy (non-hydrogen) atoms. The molecule has 1 aliphatic rings. The van der Waals surface area contributed by atoms with Gasteiger partial charge in [0.15, 0.2) is 5.96 Å². The van der Waals surface area contributed by atoms with Crippen LogP contribution in [0.4, 0.5) is 5.69 Å². The summed E-state index contributed by atoms with van der Waals surface area (Å²) in [6.07, 6.45) is 2.47. The van der Waals surface area contributed by atoms with Crippen molar-refractivity contribution < 1.29 is 0 Å². The van der Waals surface area contributed by atoms with Gasteiger partial charge in [-0.15, -0.1) is 0 Å². The molecule has 0 amide bonds. The SMILES string of the molecule is CCCN1CCC(CN=C(N)Nc2ccccc2)C1. The molecule has 1 aromatic carbocycles. The Morgan fingerprint density at radius 2 is 2.21 bits per heavy atom. The summed E-state index contributed by atoms with van der Waals surface area (Å²) in [7, 11) is 0. The van der Waals surface area contributed by atoms with Crippen molar-refractivity contribution in [3.63, 3.8) is 0 Å². The molecule has 1 unspecified atom stereocenters. The van der Waals surface area contributed by atoms with Gasteiger partial charge in [-0.1, -0.05) is 25.1 Å². The maximum atomic E-state index is 5.90. The lowest BCUT2D eigenvalue weighted by Crippen LogP contribution is -2.25. The molecule has 4 nitrogen and oxygen atoms in total. The van der Waals surface area contributed by atoms with Crippen molar-refractivity contribution in [2.75, 3.05) is 31.5 Å². The lowest BCUT2D eigenvalue weighted by molar-refractivity contribution is 0.326. The number of hydrogen-bond acceptors (Lipinski definition) is 2. The third-order valence-electron chi connectivity index (χ3n) is 3.48. The first-order valence-corrected chi connectivity index (χ1v) is 7.12. The highest BCUT2D eigenvalue weighted by atomic mass is 15.2. The Bertz CT molecular complexity index is 402. The first kappa shape index (κ1) is 13.9. The zero-order chi connectivity index (χ0) is 13.5. The fourth-order valence-electron chi connectivity index (χ4n) is 2.52. The highest BCUT2D eigenvalue weighted by Crippen LogP contribution is 2.16. The van der Waals surface area contributed by atoms with Crippen molar-refractivity contribution in [3.05, 3.63) is 30.3 Å². The Hall–Kier alpha value is -1.55. The van der Waals surface area contributed by atoms with E-state index in [1.807, 2.05) is 30.3 Å². The Morgan fingerprint density at radius 1 is 1.42 bits per heavy atom. The quantitative estimate of drug-likeness (QED) is 0.630. The Kier molecular flexibility index (Phi) is 5.21. The second-order valence-corrected chi connectivity index (χ2v) is 5.17. The number of benzene rings is 1. The predicted molar refractivity (Wildman–Crippen MR) is 81.4 cm³/mol. The van der Waals surface area contributed by atoms with Gasteiger partial charge in [0.25, 0.3) is 0 Å². The van der Waals surface area contributed by atoms with Gasteiger partial charge in [0, 0.05) is 18.8 Å². The van der Waals surface area contributed by atoms with Crippen molar-refractivity contribution in [1.82, 2.24) is 4.90 Å². The lowest BCUT2D eigenvalue weighted by atomic mass is 10.1. The first-order valence-electron chi connectivity index (χ1n) is 7.12. The van der Waals surface area contributed by atoms with E-state index in [2.05, 4.69) is 22.1 Å². The molecule has 4 heteroatoms. The van der Waals surface area contributed by atoms with E-state index >= 15 is 0 Å². The van der Waals surface area contributed by atoms with Crippen molar-refractivity contribution >= 4 is 11.6 Å². The molecule has 0 saturated carbocycles. The Morgan fingerprint density at radius 3 is 2.95 bits per heavy atom. The molecule has 0 aromatic heterocycles. The maximum Gasteiger partial charge on any atom is 0.193 e.